The van der Waals surface area contributed by atoms with E-state index in [-0.39, 0.29) is 51.6 Å². The highest BCUT2D eigenvalue weighted by molar-refractivity contribution is 7.45. The zero-order chi connectivity index (χ0) is 42.2. The first-order valence-corrected chi connectivity index (χ1v) is 21.9. The van der Waals surface area contributed by atoms with Gasteiger partial charge in [-0.25, -0.2) is 0 Å². The van der Waals surface area contributed by atoms with Gasteiger partial charge in [-0.2, -0.15) is 13.3 Å². The summed E-state index contributed by atoms with van der Waals surface area (Å²) in [6.07, 6.45) is 10.9. The van der Waals surface area contributed by atoms with Crippen molar-refractivity contribution in [3.05, 3.63) is 111 Å². The maximum absolute atomic E-state index is 13.2. The minimum absolute atomic E-state index is 0.00426. The Hall–Kier alpha value is -3.85. The minimum atomic E-state index is -5.24. The first-order chi connectivity index (χ1) is 28.3. The number of aliphatic hydroxyl groups is 1. The molecule has 2 unspecified atom stereocenters. The van der Waals surface area contributed by atoms with E-state index in [1.54, 1.807) is 12.1 Å². The van der Waals surface area contributed by atoms with Crippen LogP contribution in [0.15, 0.2) is 79.1 Å². The molecule has 1 fully saturated rings. The topological polar surface area (TPSA) is 163 Å². The molecule has 1 amide bonds. The van der Waals surface area contributed by atoms with Crippen molar-refractivity contribution in [2.75, 3.05) is 38.2 Å². The second-order valence-electron chi connectivity index (χ2n) is 14.4. The Kier molecular flexibility index (Phi) is 18.2. The number of aryl methyl sites for hydroxylation is 1. The standard InChI is InChI=1S/C42H50Cl2F2N3O9P/c43-34-26-49(27-35(44)40(34)48-41(51)32-17-18-37(57-42(45)46)39(23-32)56-28-30-13-14-30)25-33-16-15-31(22-38(33)58-59(52,53)54)36(50)24-47-19-7-1-2-8-20-55-21-9-6-12-29-10-4-3-5-11-29/h3-5,10-11,15-18,22-23,26-27,30,36,42,47,50H,1-2,6-9,12-14,19-21,24-25,28H2,(H2,52,53,54). The Morgan fingerprint density at radius 1 is 0.915 bits per heavy atom. The second-order valence-corrected chi connectivity index (χ2v) is 16.3. The average Bonchev–Trinajstić information content (AvgIpc) is 4.02. The lowest BCUT2D eigenvalue weighted by Crippen LogP contribution is -2.34. The van der Waals surface area contributed by atoms with Crippen LogP contribution in [-0.2, 0) is 22.3 Å². The first-order valence-electron chi connectivity index (χ1n) is 19.6. The quantitative estimate of drug-likeness (QED) is 0.0276. The lowest BCUT2D eigenvalue weighted by Gasteiger charge is -2.20. The van der Waals surface area contributed by atoms with Crippen molar-refractivity contribution in [2.45, 2.75) is 77.0 Å². The van der Waals surface area contributed by atoms with Gasteiger partial charge in [0.25, 0.3) is 5.91 Å². The smallest absolute Gasteiger partial charge is 0.387 e. The number of carbonyl (C=O) groups excluding carboxylic acids is 1. The molecule has 1 saturated carbocycles. The summed E-state index contributed by atoms with van der Waals surface area (Å²) < 4.78 is 60.1. The second kappa shape index (κ2) is 23.2. The number of ether oxygens (including phenoxy) is 3. The fourth-order valence-corrected chi connectivity index (χ4v) is 7.19. The van der Waals surface area contributed by atoms with Crippen LogP contribution in [0.3, 0.4) is 0 Å². The third-order valence-corrected chi connectivity index (χ3v) is 10.5. The number of phosphoric acid groups is 1. The molecule has 0 bridgehead atoms. The molecule has 1 aliphatic rings. The molecule has 17 heteroatoms. The SMILES string of the molecule is O=C(Nc1c(Cl)c[n+](Cc2ccc(C(O)CNCCCCCCOCCCCc3ccccc3)cc2OP(=O)([O-])O)cc1Cl)c1ccc(OC(F)F)c(OCC2CC2)c1. The van der Waals surface area contributed by atoms with Gasteiger partial charge in [0.1, 0.15) is 15.8 Å². The number of unbranched alkanes of at least 4 members (excludes halogenated alkanes) is 4. The molecule has 0 radical (unpaired) electrons. The summed E-state index contributed by atoms with van der Waals surface area (Å²) in [6, 6.07) is 18.7. The lowest BCUT2D eigenvalue weighted by atomic mass is 10.1. The molecule has 12 nitrogen and oxygen atoms in total. The van der Waals surface area contributed by atoms with E-state index in [2.05, 4.69) is 39.6 Å². The number of alkyl halides is 2. The molecule has 0 spiro atoms. The predicted molar refractivity (Wildman–Crippen MR) is 218 cm³/mol. The van der Waals surface area contributed by atoms with E-state index in [1.807, 2.05) is 6.07 Å². The van der Waals surface area contributed by atoms with Crippen molar-refractivity contribution in [1.82, 2.24) is 5.32 Å². The average molecular weight is 881 g/mol. The van der Waals surface area contributed by atoms with Crippen molar-refractivity contribution < 1.29 is 56.3 Å². The third kappa shape index (κ3) is 16.3. The first kappa shape index (κ1) is 46.2. The molecule has 0 aliphatic heterocycles. The van der Waals surface area contributed by atoms with E-state index < -0.39 is 26.4 Å². The predicted octanol–water partition coefficient (Wildman–Crippen LogP) is 8.03. The molecule has 1 heterocycles. The number of rotatable bonds is 26. The Bertz CT molecular complexity index is 1980. The van der Waals surface area contributed by atoms with Crippen LogP contribution >= 0.6 is 31.0 Å². The van der Waals surface area contributed by atoms with Gasteiger partial charge in [0, 0.05) is 25.3 Å². The highest BCUT2D eigenvalue weighted by atomic mass is 35.5. The summed E-state index contributed by atoms with van der Waals surface area (Å²) in [5, 5.41) is 16.7. The molecule has 4 aromatic rings. The molecule has 1 aliphatic carbocycles. The van der Waals surface area contributed by atoms with Crippen molar-refractivity contribution in [1.29, 1.82) is 0 Å². The van der Waals surface area contributed by atoms with Crippen LogP contribution in [0, 0.1) is 5.92 Å². The van der Waals surface area contributed by atoms with Gasteiger partial charge in [0.15, 0.2) is 30.4 Å². The van der Waals surface area contributed by atoms with Crippen molar-refractivity contribution in [2.24, 2.45) is 5.92 Å². The van der Waals surface area contributed by atoms with Crippen LogP contribution in [-0.4, -0.2) is 55.4 Å². The molecular formula is C42H50Cl2F2N3O9P. The van der Waals surface area contributed by atoms with E-state index in [0.29, 0.717) is 30.2 Å². The fraction of sp³-hybridized carbons (Fsp3) is 0.429. The number of aromatic nitrogens is 1. The number of hydrogen-bond acceptors (Lipinski definition) is 9. The van der Waals surface area contributed by atoms with Crippen LogP contribution in [0.5, 0.6) is 17.2 Å². The number of hydrogen-bond donors (Lipinski definition) is 4. The number of amides is 1. The van der Waals surface area contributed by atoms with Gasteiger partial charge >= 0.3 is 14.4 Å². The maximum Gasteiger partial charge on any atom is 0.387 e. The zero-order valence-electron chi connectivity index (χ0n) is 32.5. The number of phosphoric ester groups is 1. The Labute approximate surface area is 353 Å². The molecule has 4 N–H and O–H groups in total. The molecular weight excluding hydrogens is 830 g/mol. The van der Waals surface area contributed by atoms with E-state index in [1.165, 1.54) is 46.8 Å². The molecule has 1 aromatic heterocycles. The highest BCUT2D eigenvalue weighted by Gasteiger charge is 2.25. The van der Waals surface area contributed by atoms with Gasteiger partial charge in [-0.05, 0) is 98.9 Å². The Morgan fingerprint density at radius 3 is 2.32 bits per heavy atom. The summed E-state index contributed by atoms with van der Waals surface area (Å²) in [4.78, 5) is 34.5. The van der Waals surface area contributed by atoms with Crippen LogP contribution in [0.4, 0.5) is 14.5 Å². The van der Waals surface area contributed by atoms with Gasteiger partial charge in [-0.1, -0.05) is 72.4 Å². The summed E-state index contributed by atoms with van der Waals surface area (Å²) in [6.45, 7) is -0.430. The van der Waals surface area contributed by atoms with Crippen LogP contribution in [0.25, 0.3) is 0 Å². The van der Waals surface area contributed by atoms with Gasteiger partial charge in [-0.3, -0.25) is 9.36 Å². The number of carbonyl (C=O) groups is 1. The number of halogens is 4. The summed E-state index contributed by atoms with van der Waals surface area (Å²) in [5.74, 6) is -0.753. The van der Waals surface area contributed by atoms with Gasteiger partial charge in [-0.15, -0.1) is 0 Å². The summed E-state index contributed by atoms with van der Waals surface area (Å²) >= 11 is 13.1. The third-order valence-electron chi connectivity index (χ3n) is 9.49. The van der Waals surface area contributed by atoms with Crippen molar-refractivity contribution in [3.8, 4) is 17.2 Å². The monoisotopic (exact) mass is 879 g/mol. The zero-order valence-corrected chi connectivity index (χ0v) is 34.9. The Balaban J connectivity index is 1.09. The normalized spacial score (nSPS) is 14.2. The van der Waals surface area contributed by atoms with Gasteiger partial charge in [0.05, 0.1) is 24.0 Å². The number of anilines is 1. The van der Waals surface area contributed by atoms with Crippen LogP contribution < -0.4 is 34.1 Å². The van der Waals surface area contributed by atoms with Crippen molar-refractivity contribution in [3.63, 3.8) is 0 Å². The van der Waals surface area contributed by atoms with Crippen LogP contribution in [0.1, 0.15) is 84.5 Å². The number of aliphatic hydroxyl groups excluding tert-OH is 1. The molecule has 59 heavy (non-hydrogen) atoms. The van der Waals surface area contributed by atoms with Gasteiger partial charge in [0.2, 0.25) is 0 Å². The molecule has 320 valence electrons. The van der Waals surface area contributed by atoms with E-state index in [0.717, 1.165) is 71.0 Å². The Morgan fingerprint density at radius 2 is 1.63 bits per heavy atom. The summed E-state index contributed by atoms with van der Waals surface area (Å²) in [7, 11) is -5.24. The maximum atomic E-state index is 13.2. The number of pyridine rings is 1. The van der Waals surface area contributed by atoms with E-state index >= 15 is 0 Å². The summed E-state index contributed by atoms with van der Waals surface area (Å²) in [5.41, 5.74) is 2.14. The largest absolute Gasteiger partial charge is 0.746 e. The van der Waals surface area contributed by atoms with E-state index in [9.17, 15) is 33.0 Å². The number of nitrogens with zero attached hydrogens (tertiary/aromatic N) is 1. The lowest BCUT2D eigenvalue weighted by molar-refractivity contribution is -0.688. The highest BCUT2D eigenvalue weighted by Crippen LogP contribution is 2.38. The van der Waals surface area contributed by atoms with Crippen LogP contribution in [0.2, 0.25) is 10.0 Å². The molecule has 5 rings (SSSR count). The van der Waals surface area contributed by atoms with E-state index in [4.69, 9.17) is 37.2 Å². The van der Waals surface area contributed by atoms with Gasteiger partial charge < -0.3 is 44.3 Å². The fourth-order valence-electron chi connectivity index (χ4n) is 6.17. The molecule has 3 aromatic carbocycles. The molecule has 2 atom stereocenters. The number of benzene rings is 3. The number of nitrogens with one attached hydrogen (secondary N) is 2. The minimum Gasteiger partial charge on any atom is -0.746 e. The molecule has 0 saturated heterocycles. The van der Waals surface area contributed by atoms with Crippen molar-refractivity contribution >= 4 is 42.6 Å².